The first-order valence-electron chi connectivity index (χ1n) is 8.84. The second-order valence-electron chi connectivity index (χ2n) is 6.71. The molecule has 1 N–H and O–H groups in total. The first-order chi connectivity index (χ1) is 10.7. The highest BCUT2D eigenvalue weighted by atomic mass is 32.1. The molecule has 3 heterocycles. The minimum absolute atomic E-state index is 0.273. The number of carbonyl (C=O) groups excluding carboxylic acids is 1. The number of thiophene rings is 1. The van der Waals surface area contributed by atoms with Crippen molar-refractivity contribution in [1.29, 1.82) is 0 Å². The molecule has 122 valence electrons. The Bertz CT molecular complexity index is 511. The van der Waals surface area contributed by atoms with Gasteiger partial charge in [0.15, 0.2) is 0 Å². The zero-order valence-corrected chi connectivity index (χ0v) is 14.7. The van der Waals surface area contributed by atoms with Crippen molar-refractivity contribution in [2.45, 2.75) is 46.0 Å². The van der Waals surface area contributed by atoms with Gasteiger partial charge in [0.1, 0.15) is 0 Å². The molecule has 0 unspecified atom stereocenters. The van der Waals surface area contributed by atoms with Crippen LogP contribution in [0.4, 0.5) is 0 Å². The van der Waals surface area contributed by atoms with Gasteiger partial charge < -0.3 is 10.2 Å². The molecule has 2 aliphatic heterocycles. The lowest BCUT2D eigenvalue weighted by atomic mass is 9.92. The van der Waals surface area contributed by atoms with E-state index in [1.807, 2.05) is 0 Å². The molecule has 22 heavy (non-hydrogen) atoms. The summed E-state index contributed by atoms with van der Waals surface area (Å²) in [6, 6.07) is 2.16. The minimum Gasteiger partial charge on any atom is -0.338 e. The fourth-order valence-corrected chi connectivity index (χ4v) is 5.21. The molecule has 2 fully saturated rings. The molecule has 0 radical (unpaired) electrons. The van der Waals surface area contributed by atoms with Crippen LogP contribution in [0.2, 0.25) is 0 Å². The highest BCUT2D eigenvalue weighted by Crippen LogP contribution is 2.30. The summed E-state index contributed by atoms with van der Waals surface area (Å²) in [5, 5.41) is 3.50. The van der Waals surface area contributed by atoms with E-state index in [2.05, 4.69) is 30.1 Å². The molecule has 0 aromatic carbocycles. The number of likely N-dealkylation sites (tertiary alicyclic amines) is 1. The molecular weight excluding hydrogens is 292 g/mol. The zero-order valence-electron chi connectivity index (χ0n) is 13.9. The van der Waals surface area contributed by atoms with Crippen molar-refractivity contribution in [2.75, 3.05) is 26.2 Å². The Kier molecular flexibility index (Phi) is 5.19. The SMILES string of the molecule is CCCc1sc(C(=O)N2CC[C@@H]3CNC[C@@H]3CC2)cc1CC. The van der Waals surface area contributed by atoms with E-state index in [-0.39, 0.29) is 5.91 Å². The number of hydrogen-bond acceptors (Lipinski definition) is 3. The summed E-state index contributed by atoms with van der Waals surface area (Å²) in [5.41, 5.74) is 1.38. The van der Waals surface area contributed by atoms with Gasteiger partial charge in [-0.05, 0) is 62.2 Å². The van der Waals surface area contributed by atoms with Crippen molar-refractivity contribution in [3.63, 3.8) is 0 Å². The van der Waals surface area contributed by atoms with Crippen molar-refractivity contribution in [3.8, 4) is 0 Å². The van der Waals surface area contributed by atoms with Crippen molar-refractivity contribution < 1.29 is 4.79 Å². The van der Waals surface area contributed by atoms with Gasteiger partial charge in [0.25, 0.3) is 5.91 Å². The van der Waals surface area contributed by atoms with Gasteiger partial charge in [-0.1, -0.05) is 20.3 Å². The predicted molar refractivity (Wildman–Crippen MR) is 92.7 cm³/mol. The maximum atomic E-state index is 12.9. The Morgan fingerprint density at radius 3 is 2.55 bits per heavy atom. The Morgan fingerprint density at radius 2 is 1.95 bits per heavy atom. The summed E-state index contributed by atoms with van der Waals surface area (Å²) in [6.07, 6.45) is 5.63. The molecule has 0 spiro atoms. The number of fused-ring (bicyclic) bond motifs is 1. The highest BCUT2D eigenvalue weighted by molar-refractivity contribution is 7.14. The molecule has 0 aliphatic carbocycles. The molecule has 2 saturated heterocycles. The minimum atomic E-state index is 0.273. The van der Waals surface area contributed by atoms with E-state index >= 15 is 0 Å². The number of nitrogens with one attached hydrogen (secondary N) is 1. The maximum Gasteiger partial charge on any atom is 0.263 e. The van der Waals surface area contributed by atoms with Gasteiger partial charge >= 0.3 is 0 Å². The summed E-state index contributed by atoms with van der Waals surface area (Å²) >= 11 is 1.74. The summed E-state index contributed by atoms with van der Waals surface area (Å²) in [5.74, 6) is 1.83. The average molecular weight is 321 g/mol. The molecule has 2 atom stereocenters. The second kappa shape index (κ2) is 7.14. The van der Waals surface area contributed by atoms with Gasteiger partial charge in [-0.2, -0.15) is 0 Å². The van der Waals surface area contributed by atoms with E-state index < -0.39 is 0 Å². The number of carbonyl (C=O) groups is 1. The van der Waals surface area contributed by atoms with Crippen LogP contribution in [0, 0.1) is 11.8 Å². The second-order valence-corrected chi connectivity index (χ2v) is 7.85. The number of rotatable bonds is 4. The van der Waals surface area contributed by atoms with Crippen LogP contribution in [0.1, 0.15) is 53.2 Å². The van der Waals surface area contributed by atoms with Crippen LogP contribution in [-0.4, -0.2) is 37.0 Å². The van der Waals surface area contributed by atoms with E-state index in [0.717, 1.165) is 75.0 Å². The van der Waals surface area contributed by atoms with E-state index in [0.29, 0.717) is 0 Å². The predicted octanol–water partition coefficient (Wildman–Crippen LogP) is 3.33. The topological polar surface area (TPSA) is 32.3 Å². The lowest BCUT2D eigenvalue weighted by Crippen LogP contribution is -2.32. The van der Waals surface area contributed by atoms with Crippen molar-refractivity contribution >= 4 is 17.2 Å². The quantitative estimate of drug-likeness (QED) is 0.923. The van der Waals surface area contributed by atoms with Gasteiger partial charge in [-0.25, -0.2) is 0 Å². The van der Waals surface area contributed by atoms with Gasteiger partial charge in [-0.15, -0.1) is 11.3 Å². The monoisotopic (exact) mass is 320 g/mol. The number of amides is 1. The molecule has 3 nitrogen and oxygen atoms in total. The third-order valence-corrected chi connectivity index (χ3v) is 6.50. The lowest BCUT2D eigenvalue weighted by Gasteiger charge is -2.20. The van der Waals surface area contributed by atoms with Crippen LogP contribution in [0.15, 0.2) is 6.07 Å². The van der Waals surface area contributed by atoms with E-state index in [1.54, 1.807) is 11.3 Å². The van der Waals surface area contributed by atoms with Crippen LogP contribution in [0.25, 0.3) is 0 Å². The van der Waals surface area contributed by atoms with E-state index in [1.165, 1.54) is 10.4 Å². The average Bonchev–Trinajstić information content (AvgIpc) is 3.09. The van der Waals surface area contributed by atoms with Crippen molar-refractivity contribution in [2.24, 2.45) is 11.8 Å². The molecule has 0 bridgehead atoms. The summed E-state index contributed by atoms with van der Waals surface area (Å²) in [4.78, 5) is 17.4. The standard InChI is InChI=1S/C18H28N2OS/c1-3-5-16-13(4-2)10-17(22-16)18(21)20-8-6-14-11-19-12-15(14)7-9-20/h10,14-15,19H,3-9,11-12H2,1-2H3/t14-,15+. The molecule has 3 rings (SSSR count). The maximum absolute atomic E-state index is 12.9. The third-order valence-electron chi connectivity index (χ3n) is 5.27. The van der Waals surface area contributed by atoms with Crippen molar-refractivity contribution in [1.82, 2.24) is 10.2 Å². The number of aryl methyl sites for hydroxylation is 2. The highest BCUT2D eigenvalue weighted by Gasteiger charge is 2.32. The first kappa shape index (κ1) is 16.0. The Balaban J connectivity index is 1.70. The third kappa shape index (κ3) is 3.23. The molecule has 1 aromatic rings. The summed E-state index contributed by atoms with van der Waals surface area (Å²) in [6.45, 7) is 8.56. The molecule has 0 saturated carbocycles. The molecule has 2 aliphatic rings. The Labute approximate surface area is 138 Å². The van der Waals surface area contributed by atoms with Crippen molar-refractivity contribution in [3.05, 3.63) is 21.4 Å². The summed E-state index contributed by atoms with van der Waals surface area (Å²) < 4.78 is 0. The molecule has 1 amide bonds. The van der Waals surface area contributed by atoms with Gasteiger partial charge in [0, 0.05) is 18.0 Å². The van der Waals surface area contributed by atoms with E-state index in [9.17, 15) is 4.79 Å². The van der Waals surface area contributed by atoms with Crippen LogP contribution in [0.3, 0.4) is 0 Å². The zero-order chi connectivity index (χ0) is 15.5. The van der Waals surface area contributed by atoms with Crippen LogP contribution in [-0.2, 0) is 12.8 Å². The lowest BCUT2D eigenvalue weighted by molar-refractivity contribution is 0.0763. The number of hydrogen-bond donors (Lipinski definition) is 1. The molecular formula is C18H28N2OS. The first-order valence-corrected chi connectivity index (χ1v) is 9.66. The van der Waals surface area contributed by atoms with E-state index in [4.69, 9.17) is 0 Å². The number of nitrogens with zero attached hydrogens (tertiary/aromatic N) is 1. The fourth-order valence-electron chi connectivity index (χ4n) is 3.89. The van der Waals surface area contributed by atoms with Gasteiger partial charge in [0.05, 0.1) is 4.88 Å². The Hall–Kier alpha value is -0.870. The largest absolute Gasteiger partial charge is 0.338 e. The smallest absolute Gasteiger partial charge is 0.263 e. The Morgan fingerprint density at radius 1 is 1.27 bits per heavy atom. The summed E-state index contributed by atoms with van der Waals surface area (Å²) in [7, 11) is 0. The van der Waals surface area contributed by atoms with Gasteiger partial charge in [-0.3, -0.25) is 4.79 Å². The normalized spacial score (nSPS) is 25.1. The molecule has 4 heteroatoms. The van der Waals surface area contributed by atoms with Gasteiger partial charge in [0.2, 0.25) is 0 Å². The van der Waals surface area contributed by atoms with Crippen LogP contribution in [0.5, 0.6) is 0 Å². The van der Waals surface area contributed by atoms with Crippen LogP contribution < -0.4 is 5.32 Å². The van der Waals surface area contributed by atoms with Crippen LogP contribution >= 0.6 is 11.3 Å². The fraction of sp³-hybridized carbons (Fsp3) is 0.722. The molecule has 1 aromatic heterocycles.